The molecule has 2 aromatic rings. The van der Waals surface area contributed by atoms with Crippen LogP contribution in [0.25, 0.3) is 0 Å². The fraction of sp³-hybridized carbons (Fsp3) is 0.444. The lowest BCUT2D eigenvalue weighted by Crippen LogP contribution is -2.32. The van der Waals surface area contributed by atoms with E-state index in [-0.39, 0.29) is 5.91 Å². The van der Waals surface area contributed by atoms with Gasteiger partial charge in [0, 0.05) is 43.8 Å². The summed E-state index contributed by atoms with van der Waals surface area (Å²) < 4.78 is 2.00. The Bertz CT molecular complexity index is 633. The number of carbonyl (C=O) groups is 1. The second kappa shape index (κ2) is 8.77. The van der Waals surface area contributed by atoms with Gasteiger partial charge in [0.2, 0.25) is 0 Å². The second-order valence-corrected chi connectivity index (χ2v) is 6.54. The average Bonchev–Trinajstić information content (AvgIpc) is 2.97. The smallest absolute Gasteiger partial charge is 0.253 e. The summed E-state index contributed by atoms with van der Waals surface area (Å²) in [7, 11) is 1.99. The van der Waals surface area contributed by atoms with Gasteiger partial charge in [-0.1, -0.05) is 37.7 Å². The summed E-state index contributed by atoms with van der Waals surface area (Å²) in [6.45, 7) is 5.85. The molecule has 0 bridgehead atoms. The van der Waals surface area contributed by atoms with Gasteiger partial charge >= 0.3 is 0 Å². The predicted octanol–water partition coefficient (Wildman–Crippen LogP) is 3.97. The Kier molecular flexibility index (Phi) is 6.71. The Hall–Kier alpha value is -1.75. The number of rotatable bonds is 8. The topological polar surface area (TPSA) is 38.1 Å². The average molecular weight is 331 g/mol. The lowest BCUT2D eigenvalue weighted by molar-refractivity contribution is 0.0755. The first kappa shape index (κ1) is 17.6. The Morgan fingerprint density at radius 3 is 2.61 bits per heavy atom. The van der Waals surface area contributed by atoms with Crippen LogP contribution in [-0.4, -0.2) is 33.4 Å². The first-order valence-corrected chi connectivity index (χ1v) is 9.12. The van der Waals surface area contributed by atoms with Crippen LogP contribution >= 0.6 is 11.8 Å². The van der Waals surface area contributed by atoms with Crippen molar-refractivity contribution in [2.45, 2.75) is 37.6 Å². The molecule has 0 N–H and O–H groups in total. The van der Waals surface area contributed by atoms with Crippen LogP contribution in [0.4, 0.5) is 0 Å². The monoisotopic (exact) mass is 331 g/mol. The summed E-state index contributed by atoms with van der Waals surface area (Å²) in [5.41, 5.74) is 1.93. The van der Waals surface area contributed by atoms with Crippen LogP contribution in [0.1, 0.15) is 42.6 Å². The maximum atomic E-state index is 12.7. The fourth-order valence-corrected chi connectivity index (χ4v) is 3.35. The third kappa shape index (κ3) is 4.86. The van der Waals surface area contributed by atoms with Crippen molar-refractivity contribution in [3.05, 3.63) is 47.8 Å². The van der Waals surface area contributed by atoms with Crippen molar-refractivity contribution >= 4 is 17.7 Å². The fourth-order valence-electron chi connectivity index (χ4n) is 2.47. The number of hydrogen-bond donors (Lipinski definition) is 0. The number of aromatic nitrogens is 2. The van der Waals surface area contributed by atoms with Gasteiger partial charge in [0.15, 0.2) is 5.16 Å². The minimum atomic E-state index is 0.137. The minimum Gasteiger partial charge on any atom is -0.339 e. The largest absolute Gasteiger partial charge is 0.339 e. The van der Waals surface area contributed by atoms with Crippen LogP contribution < -0.4 is 0 Å². The number of aryl methyl sites for hydroxylation is 1. The lowest BCUT2D eigenvalue weighted by atomic mass is 10.1. The maximum Gasteiger partial charge on any atom is 0.253 e. The van der Waals surface area contributed by atoms with Gasteiger partial charge in [0.1, 0.15) is 0 Å². The maximum absolute atomic E-state index is 12.7. The van der Waals surface area contributed by atoms with Crippen LogP contribution in [-0.2, 0) is 12.8 Å². The SMILES string of the molecule is CCCN(CCC)C(=O)c1cccc(CSc2nccn2C)c1. The Morgan fingerprint density at radius 1 is 1.26 bits per heavy atom. The molecule has 0 aliphatic rings. The van der Waals surface area contributed by atoms with Crippen LogP contribution in [0.15, 0.2) is 41.8 Å². The number of imidazole rings is 1. The number of carbonyl (C=O) groups excluding carboxylic acids is 1. The number of thioether (sulfide) groups is 1. The number of nitrogens with zero attached hydrogens (tertiary/aromatic N) is 3. The molecule has 2 rings (SSSR count). The molecule has 1 heterocycles. The highest BCUT2D eigenvalue weighted by molar-refractivity contribution is 7.98. The second-order valence-electron chi connectivity index (χ2n) is 5.60. The molecular formula is C18H25N3OS. The molecule has 0 aliphatic carbocycles. The summed E-state index contributed by atoms with van der Waals surface area (Å²) >= 11 is 1.68. The van der Waals surface area contributed by atoms with E-state index in [0.717, 1.165) is 48.0 Å². The van der Waals surface area contributed by atoms with E-state index >= 15 is 0 Å². The van der Waals surface area contributed by atoms with Crippen molar-refractivity contribution in [1.29, 1.82) is 0 Å². The molecule has 0 spiro atoms. The minimum absolute atomic E-state index is 0.137. The highest BCUT2D eigenvalue weighted by Gasteiger charge is 2.14. The standard InChI is InChI=1S/C18H25N3OS/c1-4-10-21(11-5-2)17(22)16-8-6-7-15(13-16)14-23-18-19-9-12-20(18)3/h6-9,12-13H,4-5,10-11,14H2,1-3H3. The molecule has 1 aromatic heterocycles. The van der Waals surface area contributed by atoms with Crippen molar-refractivity contribution in [2.75, 3.05) is 13.1 Å². The van der Waals surface area contributed by atoms with Gasteiger partial charge in [0.25, 0.3) is 5.91 Å². The lowest BCUT2D eigenvalue weighted by Gasteiger charge is -2.21. The molecule has 0 unspecified atom stereocenters. The Labute approximate surface area is 142 Å². The third-order valence-electron chi connectivity index (χ3n) is 3.59. The molecule has 1 aromatic carbocycles. The molecular weight excluding hydrogens is 306 g/mol. The normalized spacial score (nSPS) is 10.7. The highest BCUT2D eigenvalue weighted by atomic mass is 32.2. The predicted molar refractivity (Wildman–Crippen MR) is 95.7 cm³/mol. The quantitative estimate of drug-likeness (QED) is 0.687. The molecule has 124 valence electrons. The highest BCUT2D eigenvalue weighted by Crippen LogP contribution is 2.21. The first-order valence-electron chi connectivity index (χ1n) is 8.14. The van der Waals surface area contributed by atoms with E-state index in [1.165, 1.54) is 0 Å². The van der Waals surface area contributed by atoms with Gasteiger partial charge in [-0.2, -0.15) is 0 Å². The molecule has 0 fully saturated rings. The summed E-state index contributed by atoms with van der Waals surface area (Å²) in [5.74, 6) is 0.950. The number of amides is 1. The summed E-state index contributed by atoms with van der Waals surface area (Å²) in [5, 5.41) is 0.986. The van der Waals surface area contributed by atoms with Crippen molar-refractivity contribution in [1.82, 2.24) is 14.5 Å². The van der Waals surface area contributed by atoms with E-state index in [1.54, 1.807) is 18.0 Å². The summed E-state index contributed by atoms with van der Waals surface area (Å²) in [4.78, 5) is 18.9. The molecule has 5 heteroatoms. The molecule has 4 nitrogen and oxygen atoms in total. The van der Waals surface area contributed by atoms with Crippen molar-refractivity contribution < 1.29 is 4.79 Å². The van der Waals surface area contributed by atoms with Crippen LogP contribution in [0, 0.1) is 0 Å². The van der Waals surface area contributed by atoms with Crippen molar-refractivity contribution in [2.24, 2.45) is 7.05 Å². The molecule has 0 aliphatic heterocycles. The van der Waals surface area contributed by atoms with Gasteiger partial charge in [-0.25, -0.2) is 4.98 Å². The molecule has 0 radical (unpaired) electrons. The van der Waals surface area contributed by atoms with Crippen LogP contribution in [0.5, 0.6) is 0 Å². The van der Waals surface area contributed by atoms with Gasteiger partial charge in [-0.05, 0) is 30.5 Å². The number of benzene rings is 1. The number of hydrogen-bond acceptors (Lipinski definition) is 3. The molecule has 0 saturated carbocycles. The van der Waals surface area contributed by atoms with E-state index in [9.17, 15) is 4.79 Å². The third-order valence-corrected chi connectivity index (χ3v) is 4.72. The Morgan fingerprint density at radius 2 is 2.00 bits per heavy atom. The molecule has 0 saturated heterocycles. The molecule has 23 heavy (non-hydrogen) atoms. The van der Waals surface area contributed by atoms with Crippen LogP contribution in [0.2, 0.25) is 0 Å². The van der Waals surface area contributed by atoms with Gasteiger partial charge in [-0.3, -0.25) is 4.79 Å². The van der Waals surface area contributed by atoms with E-state index in [0.29, 0.717) is 0 Å². The van der Waals surface area contributed by atoms with Crippen molar-refractivity contribution in [3.63, 3.8) is 0 Å². The van der Waals surface area contributed by atoms with E-state index < -0.39 is 0 Å². The summed E-state index contributed by atoms with van der Waals surface area (Å²) in [6, 6.07) is 7.96. The zero-order valence-electron chi connectivity index (χ0n) is 14.2. The van der Waals surface area contributed by atoms with E-state index in [2.05, 4.69) is 24.9 Å². The van der Waals surface area contributed by atoms with Crippen molar-refractivity contribution in [3.8, 4) is 0 Å². The van der Waals surface area contributed by atoms with Gasteiger partial charge in [0.05, 0.1) is 0 Å². The summed E-state index contributed by atoms with van der Waals surface area (Å²) in [6.07, 6.45) is 5.71. The molecule has 0 atom stereocenters. The van der Waals surface area contributed by atoms with E-state index in [1.807, 2.05) is 40.9 Å². The van der Waals surface area contributed by atoms with Crippen LogP contribution in [0.3, 0.4) is 0 Å². The van der Waals surface area contributed by atoms with E-state index in [4.69, 9.17) is 0 Å². The Balaban J connectivity index is 2.06. The zero-order chi connectivity index (χ0) is 16.7. The molecule has 1 amide bonds. The van der Waals surface area contributed by atoms with Gasteiger partial charge < -0.3 is 9.47 Å². The first-order chi connectivity index (χ1) is 11.2. The zero-order valence-corrected chi connectivity index (χ0v) is 15.0. The van der Waals surface area contributed by atoms with Gasteiger partial charge in [-0.15, -0.1) is 0 Å².